The molecule has 0 bridgehead atoms. The Balaban J connectivity index is 2.14. The van der Waals surface area contributed by atoms with Crippen LogP contribution < -0.4 is 10.6 Å². The molecule has 2 rings (SSSR count). The highest BCUT2D eigenvalue weighted by molar-refractivity contribution is 7.89. The van der Waals surface area contributed by atoms with E-state index in [2.05, 4.69) is 15.4 Å². The van der Waals surface area contributed by atoms with Crippen LogP contribution in [0.1, 0.15) is 29.8 Å². The lowest BCUT2D eigenvalue weighted by atomic mass is 10.1. The van der Waals surface area contributed by atoms with Crippen molar-refractivity contribution in [3.8, 4) is 0 Å². The number of carbonyl (C=O) groups is 3. The molecule has 0 saturated heterocycles. The summed E-state index contributed by atoms with van der Waals surface area (Å²) in [5, 5.41) is 5.25. The largest absolute Gasteiger partial charge is 0.465 e. The van der Waals surface area contributed by atoms with E-state index >= 15 is 0 Å². The molecule has 0 aromatic heterocycles. The van der Waals surface area contributed by atoms with Gasteiger partial charge in [0.05, 0.1) is 24.1 Å². The minimum atomic E-state index is -3.97. The molecule has 2 aromatic carbocycles. The topological polar surface area (TPSA) is 122 Å². The van der Waals surface area contributed by atoms with Crippen LogP contribution >= 0.6 is 0 Å². The molecule has 0 atom stereocenters. The van der Waals surface area contributed by atoms with Crippen LogP contribution in [0.2, 0.25) is 0 Å². The first kappa shape index (κ1) is 24.0. The van der Waals surface area contributed by atoms with Gasteiger partial charge in [-0.1, -0.05) is 6.92 Å². The molecule has 2 N–H and O–H groups in total. The van der Waals surface area contributed by atoms with Crippen LogP contribution in [0.3, 0.4) is 0 Å². The molecular weight excluding hydrogens is 422 g/mol. The fourth-order valence-electron chi connectivity index (χ4n) is 2.89. The van der Waals surface area contributed by atoms with Gasteiger partial charge in [0, 0.05) is 24.8 Å². The lowest BCUT2D eigenvalue weighted by Crippen LogP contribution is -2.38. The fraction of sp³-hybridized carbons (Fsp3) is 0.286. The van der Waals surface area contributed by atoms with E-state index in [-0.39, 0.29) is 29.5 Å². The minimum absolute atomic E-state index is 0.00876. The Labute approximate surface area is 181 Å². The third-order valence-corrected chi connectivity index (χ3v) is 6.46. The second kappa shape index (κ2) is 10.2. The molecule has 10 heteroatoms. The zero-order valence-electron chi connectivity index (χ0n) is 17.8. The second-order valence-corrected chi connectivity index (χ2v) is 8.62. The van der Waals surface area contributed by atoms with Crippen molar-refractivity contribution in [2.45, 2.75) is 25.7 Å². The molecule has 0 saturated carbocycles. The van der Waals surface area contributed by atoms with Crippen LogP contribution in [0.15, 0.2) is 47.4 Å². The molecule has 0 spiro atoms. The first-order valence-electron chi connectivity index (χ1n) is 9.45. The highest BCUT2D eigenvalue weighted by Gasteiger charge is 2.27. The van der Waals surface area contributed by atoms with Gasteiger partial charge in [-0.2, -0.15) is 4.31 Å². The monoisotopic (exact) mass is 447 g/mol. The fourth-order valence-corrected chi connectivity index (χ4v) is 4.50. The third kappa shape index (κ3) is 6.12. The number of ether oxygens (including phenoxy) is 1. The molecule has 0 heterocycles. The summed E-state index contributed by atoms with van der Waals surface area (Å²) >= 11 is 0. The molecule has 2 amide bonds. The summed E-state index contributed by atoms with van der Waals surface area (Å²) in [7, 11) is -2.72. The molecule has 0 aliphatic heterocycles. The van der Waals surface area contributed by atoms with Crippen molar-refractivity contribution in [1.29, 1.82) is 0 Å². The lowest BCUT2D eigenvalue weighted by Gasteiger charge is -2.21. The summed E-state index contributed by atoms with van der Waals surface area (Å²) in [4.78, 5) is 35.2. The molecule has 0 unspecified atom stereocenters. The van der Waals surface area contributed by atoms with Crippen molar-refractivity contribution in [1.82, 2.24) is 4.31 Å². The van der Waals surface area contributed by atoms with Crippen molar-refractivity contribution in [2.75, 3.05) is 30.8 Å². The molecule has 166 valence electrons. The summed E-state index contributed by atoms with van der Waals surface area (Å²) in [5.74, 6) is -1.29. The quantitative estimate of drug-likeness (QED) is 0.599. The van der Waals surface area contributed by atoms with Crippen molar-refractivity contribution >= 4 is 39.2 Å². The number of likely N-dealkylation sites (N-methyl/N-ethyl adjacent to an activating group) is 1. The average Bonchev–Trinajstić information content (AvgIpc) is 2.72. The number of rotatable bonds is 8. The molecule has 9 nitrogen and oxygen atoms in total. The van der Waals surface area contributed by atoms with E-state index in [9.17, 15) is 22.8 Å². The number of carbonyl (C=O) groups excluding carboxylic acids is 3. The first-order valence-corrected chi connectivity index (χ1v) is 10.9. The molecule has 31 heavy (non-hydrogen) atoms. The van der Waals surface area contributed by atoms with Gasteiger partial charge in [-0.25, -0.2) is 13.2 Å². The zero-order valence-corrected chi connectivity index (χ0v) is 18.6. The Morgan fingerprint density at radius 1 is 1.00 bits per heavy atom. The molecule has 0 fully saturated rings. The maximum atomic E-state index is 13.1. The van der Waals surface area contributed by atoms with Crippen LogP contribution in [0.5, 0.6) is 0 Å². The Kier molecular flexibility index (Phi) is 7.89. The van der Waals surface area contributed by atoms with E-state index in [1.54, 1.807) is 38.1 Å². The third-order valence-electron chi connectivity index (χ3n) is 4.38. The van der Waals surface area contributed by atoms with Crippen LogP contribution in [0.4, 0.5) is 11.4 Å². The number of amides is 2. The number of benzene rings is 2. The summed E-state index contributed by atoms with van der Waals surface area (Å²) in [6.45, 7) is 4.29. The molecular formula is C21H25N3O6S. The first-order chi connectivity index (χ1) is 14.6. The van der Waals surface area contributed by atoms with Crippen LogP contribution in [-0.2, 0) is 24.3 Å². The lowest BCUT2D eigenvalue weighted by molar-refractivity contribution is -0.116. The number of aryl methyl sites for hydroxylation is 1. The number of nitrogens with zero attached hydrogens (tertiary/aromatic N) is 1. The SMILES string of the molecule is CCN(CC(=O)Nc1ccc(NC(C)=O)cc1)S(=O)(=O)c1ccc(C(=O)OC)cc1C. The predicted octanol–water partition coefficient (Wildman–Crippen LogP) is 2.39. The van der Waals surface area contributed by atoms with E-state index in [0.717, 1.165) is 4.31 Å². The van der Waals surface area contributed by atoms with E-state index in [1.807, 2.05) is 0 Å². The highest BCUT2D eigenvalue weighted by Crippen LogP contribution is 2.22. The maximum Gasteiger partial charge on any atom is 0.337 e. The predicted molar refractivity (Wildman–Crippen MR) is 116 cm³/mol. The van der Waals surface area contributed by atoms with Gasteiger partial charge in [-0.15, -0.1) is 0 Å². The molecule has 0 radical (unpaired) electrons. The Hall–Kier alpha value is -3.24. The maximum absolute atomic E-state index is 13.1. The van der Waals surface area contributed by atoms with Crippen LogP contribution in [0, 0.1) is 6.92 Å². The van der Waals surface area contributed by atoms with Gasteiger partial charge in [0.25, 0.3) is 0 Å². The van der Waals surface area contributed by atoms with Crippen LogP contribution in [0.25, 0.3) is 0 Å². The van der Waals surface area contributed by atoms with Gasteiger partial charge in [0.2, 0.25) is 21.8 Å². The summed E-state index contributed by atoms with van der Waals surface area (Å²) < 4.78 is 31.8. The van der Waals surface area contributed by atoms with E-state index in [0.29, 0.717) is 16.9 Å². The number of hydrogen-bond donors (Lipinski definition) is 2. The number of nitrogens with one attached hydrogen (secondary N) is 2. The summed E-state index contributed by atoms with van der Waals surface area (Å²) in [6, 6.07) is 10.6. The minimum Gasteiger partial charge on any atom is -0.465 e. The van der Waals surface area contributed by atoms with Gasteiger partial charge in [0.1, 0.15) is 0 Å². The van der Waals surface area contributed by atoms with E-state index < -0.39 is 21.9 Å². The smallest absolute Gasteiger partial charge is 0.337 e. The van der Waals surface area contributed by atoms with Gasteiger partial charge in [-0.3, -0.25) is 9.59 Å². The Bertz CT molecular complexity index is 1080. The van der Waals surface area contributed by atoms with Crippen molar-refractivity contribution in [2.24, 2.45) is 0 Å². The number of anilines is 2. The number of hydrogen-bond acceptors (Lipinski definition) is 6. The number of methoxy groups -OCH3 is 1. The Morgan fingerprint density at radius 2 is 1.58 bits per heavy atom. The summed E-state index contributed by atoms with van der Waals surface area (Å²) in [6.07, 6.45) is 0. The van der Waals surface area contributed by atoms with Crippen molar-refractivity contribution in [3.63, 3.8) is 0 Å². The van der Waals surface area contributed by atoms with Crippen molar-refractivity contribution < 1.29 is 27.5 Å². The highest BCUT2D eigenvalue weighted by atomic mass is 32.2. The van der Waals surface area contributed by atoms with E-state index in [1.165, 1.54) is 32.2 Å². The number of sulfonamides is 1. The molecule has 0 aliphatic carbocycles. The number of esters is 1. The standard InChI is InChI=1S/C21H25N3O6S/c1-5-24(13-20(26)23-18-9-7-17(8-10-18)22-15(3)25)31(28,29)19-11-6-16(12-14(19)2)21(27)30-4/h6-12H,5,13H2,1-4H3,(H,22,25)(H,23,26). The summed E-state index contributed by atoms with van der Waals surface area (Å²) in [5.41, 5.74) is 1.65. The van der Waals surface area contributed by atoms with Gasteiger partial charge >= 0.3 is 5.97 Å². The van der Waals surface area contributed by atoms with Gasteiger partial charge < -0.3 is 15.4 Å². The second-order valence-electron chi connectivity index (χ2n) is 6.71. The average molecular weight is 448 g/mol. The molecule has 0 aliphatic rings. The van der Waals surface area contributed by atoms with Gasteiger partial charge in [0.15, 0.2) is 0 Å². The van der Waals surface area contributed by atoms with Crippen molar-refractivity contribution in [3.05, 3.63) is 53.6 Å². The normalized spacial score (nSPS) is 11.1. The molecule has 2 aromatic rings. The van der Waals surface area contributed by atoms with Crippen LogP contribution in [-0.4, -0.2) is 50.7 Å². The van der Waals surface area contributed by atoms with Gasteiger partial charge in [-0.05, 0) is 55.0 Å². The zero-order chi connectivity index (χ0) is 23.2. The van der Waals surface area contributed by atoms with E-state index in [4.69, 9.17) is 0 Å². The Morgan fingerprint density at radius 3 is 2.06 bits per heavy atom.